The van der Waals surface area contributed by atoms with Gasteiger partial charge in [0, 0.05) is 61.9 Å². The summed E-state index contributed by atoms with van der Waals surface area (Å²) in [6, 6.07) is 8.52. The Hall–Kier alpha value is -3.09. The molecule has 2 heterocycles. The third-order valence-electron chi connectivity index (χ3n) is 6.03. The summed E-state index contributed by atoms with van der Waals surface area (Å²) in [5, 5.41) is 7.04. The third-order valence-corrected chi connectivity index (χ3v) is 6.03. The van der Waals surface area contributed by atoms with Gasteiger partial charge in [0.25, 0.3) is 0 Å². The maximum Gasteiger partial charge on any atom is 0.134 e. The number of imidazole rings is 1. The second kappa shape index (κ2) is 9.37. The largest absolute Gasteiger partial charge is 0.461 e. The molecule has 0 radical (unpaired) electrons. The van der Waals surface area contributed by atoms with Gasteiger partial charge in [0.1, 0.15) is 11.5 Å². The number of benzene rings is 2. The highest BCUT2D eigenvalue weighted by molar-refractivity contribution is 5.67. The normalized spacial score (nSPS) is 14.1. The van der Waals surface area contributed by atoms with Crippen LogP contribution in [0.2, 0.25) is 0 Å². The van der Waals surface area contributed by atoms with Gasteiger partial charge < -0.3 is 25.7 Å². The molecule has 0 saturated carbocycles. The lowest BCUT2D eigenvalue weighted by molar-refractivity contribution is 0.442. The summed E-state index contributed by atoms with van der Waals surface area (Å²) in [6.07, 6.45) is 8.40. The molecule has 0 atom stereocenters. The number of rotatable bonds is 8. The molecule has 0 unspecified atom stereocenters. The van der Waals surface area contributed by atoms with Crippen LogP contribution in [0.25, 0.3) is 5.69 Å². The number of nitrogen functional groups attached to an aromatic ring is 1. The van der Waals surface area contributed by atoms with E-state index in [1.807, 2.05) is 30.1 Å². The Morgan fingerprint density at radius 1 is 1.10 bits per heavy atom. The molecule has 31 heavy (non-hydrogen) atoms. The van der Waals surface area contributed by atoms with Crippen LogP contribution in [0.15, 0.2) is 54.8 Å². The number of nitrogens with two attached hydrogens (primary N) is 1. The van der Waals surface area contributed by atoms with Gasteiger partial charge in [-0.3, -0.25) is 0 Å². The second-order valence-electron chi connectivity index (χ2n) is 7.97. The van der Waals surface area contributed by atoms with Gasteiger partial charge in [-0.2, -0.15) is 0 Å². The number of hydrogen-bond acceptors (Lipinski definition) is 5. The van der Waals surface area contributed by atoms with E-state index in [0.29, 0.717) is 0 Å². The molecule has 0 aliphatic carbocycles. The standard InChI is InChI=1S/C25H31N5O/c1-4-21-13-22-23(24(26)17(2)18(3)25(22)31-21)15-28-10-9-27-14-19-5-7-20(8-6-19)30-12-11-29-16-30/h4-8,11-12,16,27-28H,9-10,13-15,26H2,1-3H3/b21-4-. The molecule has 3 aromatic rings. The first-order chi connectivity index (χ1) is 15.1. The van der Waals surface area contributed by atoms with Crippen molar-refractivity contribution in [2.45, 2.75) is 40.3 Å². The molecule has 6 nitrogen and oxygen atoms in total. The fraction of sp³-hybridized carbons (Fsp3) is 0.320. The van der Waals surface area contributed by atoms with E-state index in [2.05, 4.69) is 53.7 Å². The Balaban J connectivity index is 1.27. The van der Waals surface area contributed by atoms with Gasteiger partial charge >= 0.3 is 0 Å². The van der Waals surface area contributed by atoms with E-state index in [-0.39, 0.29) is 0 Å². The summed E-state index contributed by atoms with van der Waals surface area (Å²) in [6.45, 7) is 9.51. The number of aromatic nitrogens is 2. The summed E-state index contributed by atoms with van der Waals surface area (Å²) in [4.78, 5) is 4.09. The van der Waals surface area contributed by atoms with Crippen molar-refractivity contribution >= 4 is 5.69 Å². The number of nitrogens with one attached hydrogen (secondary N) is 2. The molecule has 4 N–H and O–H groups in total. The number of allylic oxidation sites excluding steroid dienone is 2. The van der Waals surface area contributed by atoms with Crippen molar-refractivity contribution in [3.63, 3.8) is 0 Å². The van der Waals surface area contributed by atoms with Gasteiger partial charge in [-0.15, -0.1) is 0 Å². The monoisotopic (exact) mass is 417 g/mol. The lowest BCUT2D eigenvalue weighted by Gasteiger charge is -2.17. The first-order valence-electron chi connectivity index (χ1n) is 10.8. The van der Waals surface area contributed by atoms with Crippen molar-refractivity contribution in [2.75, 3.05) is 18.8 Å². The number of nitrogens with zero attached hydrogens (tertiary/aromatic N) is 2. The fourth-order valence-electron chi connectivity index (χ4n) is 3.97. The highest BCUT2D eigenvalue weighted by Crippen LogP contribution is 2.41. The van der Waals surface area contributed by atoms with Gasteiger partial charge in [-0.25, -0.2) is 4.98 Å². The van der Waals surface area contributed by atoms with Gasteiger partial charge in [0.05, 0.1) is 6.33 Å². The van der Waals surface area contributed by atoms with Crippen LogP contribution in [0.5, 0.6) is 5.75 Å². The van der Waals surface area contributed by atoms with E-state index < -0.39 is 0 Å². The van der Waals surface area contributed by atoms with Crippen LogP contribution in [-0.4, -0.2) is 22.6 Å². The van der Waals surface area contributed by atoms with Crippen molar-refractivity contribution < 1.29 is 4.74 Å². The first-order valence-corrected chi connectivity index (χ1v) is 10.8. The zero-order valence-corrected chi connectivity index (χ0v) is 18.5. The van der Waals surface area contributed by atoms with Crippen molar-refractivity contribution in [1.82, 2.24) is 20.2 Å². The van der Waals surface area contributed by atoms with E-state index in [9.17, 15) is 0 Å². The number of ether oxygens (including phenoxy) is 1. The Kier molecular flexibility index (Phi) is 6.39. The van der Waals surface area contributed by atoms with E-state index in [1.54, 1.807) is 6.20 Å². The lowest BCUT2D eigenvalue weighted by atomic mass is 9.94. The van der Waals surface area contributed by atoms with Gasteiger partial charge in [0.15, 0.2) is 0 Å². The molecule has 0 amide bonds. The van der Waals surface area contributed by atoms with E-state index in [0.717, 1.165) is 66.6 Å². The maximum atomic E-state index is 6.47. The molecule has 2 aromatic carbocycles. The molecule has 1 aliphatic heterocycles. The summed E-state index contributed by atoms with van der Waals surface area (Å²) < 4.78 is 8.05. The maximum absolute atomic E-state index is 6.47. The van der Waals surface area contributed by atoms with E-state index >= 15 is 0 Å². The zero-order chi connectivity index (χ0) is 21.8. The van der Waals surface area contributed by atoms with Crippen molar-refractivity contribution in [3.05, 3.63) is 82.6 Å². The lowest BCUT2D eigenvalue weighted by Crippen LogP contribution is -2.27. The number of fused-ring (bicyclic) bond motifs is 1. The Morgan fingerprint density at radius 3 is 2.52 bits per heavy atom. The average Bonchev–Trinajstić information content (AvgIpc) is 3.47. The van der Waals surface area contributed by atoms with E-state index in [4.69, 9.17) is 10.5 Å². The molecule has 0 bridgehead atoms. The van der Waals surface area contributed by atoms with Gasteiger partial charge in [-0.05, 0) is 61.2 Å². The highest BCUT2D eigenvalue weighted by Gasteiger charge is 2.26. The molecule has 0 spiro atoms. The van der Waals surface area contributed by atoms with Crippen LogP contribution in [0.4, 0.5) is 5.69 Å². The molecule has 162 valence electrons. The zero-order valence-electron chi connectivity index (χ0n) is 18.5. The smallest absolute Gasteiger partial charge is 0.134 e. The van der Waals surface area contributed by atoms with Crippen LogP contribution in [0.1, 0.15) is 34.7 Å². The minimum absolute atomic E-state index is 0.747. The van der Waals surface area contributed by atoms with Gasteiger partial charge in [0.2, 0.25) is 0 Å². The molecule has 1 aliphatic rings. The third kappa shape index (κ3) is 4.50. The topological polar surface area (TPSA) is 77.1 Å². The molecule has 4 rings (SSSR count). The number of anilines is 1. The molecule has 6 heteroatoms. The predicted molar refractivity (Wildman–Crippen MR) is 125 cm³/mol. The van der Waals surface area contributed by atoms with Crippen molar-refractivity contribution in [2.24, 2.45) is 0 Å². The Labute approximate surface area is 184 Å². The summed E-state index contributed by atoms with van der Waals surface area (Å²) >= 11 is 0. The second-order valence-corrected chi connectivity index (χ2v) is 7.97. The minimum Gasteiger partial charge on any atom is -0.461 e. The average molecular weight is 418 g/mol. The van der Waals surface area contributed by atoms with Crippen LogP contribution in [0.3, 0.4) is 0 Å². The van der Waals surface area contributed by atoms with E-state index in [1.165, 1.54) is 16.7 Å². The number of hydrogen-bond donors (Lipinski definition) is 3. The van der Waals surface area contributed by atoms with Crippen LogP contribution >= 0.6 is 0 Å². The highest BCUT2D eigenvalue weighted by atomic mass is 16.5. The quantitative estimate of drug-likeness (QED) is 0.384. The van der Waals surface area contributed by atoms with Gasteiger partial charge in [-0.1, -0.05) is 12.1 Å². The van der Waals surface area contributed by atoms with Crippen molar-refractivity contribution in [3.8, 4) is 11.4 Å². The summed E-state index contributed by atoms with van der Waals surface area (Å²) in [5.74, 6) is 2.00. The molecular formula is C25H31N5O. The van der Waals surface area contributed by atoms with Crippen LogP contribution in [-0.2, 0) is 19.5 Å². The fourth-order valence-corrected chi connectivity index (χ4v) is 3.97. The summed E-state index contributed by atoms with van der Waals surface area (Å²) in [5.41, 5.74) is 14.4. The summed E-state index contributed by atoms with van der Waals surface area (Å²) in [7, 11) is 0. The molecule has 0 saturated heterocycles. The molecule has 0 fully saturated rings. The van der Waals surface area contributed by atoms with Crippen LogP contribution in [0, 0.1) is 13.8 Å². The first kappa shape index (κ1) is 21.2. The molecule has 1 aromatic heterocycles. The molecular weight excluding hydrogens is 386 g/mol. The van der Waals surface area contributed by atoms with Crippen LogP contribution < -0.4 is 21.1 Å². The minimum atomic E-state index is 0.747. The van der Waals surface area contributed by atoms with Crippen molar-refractivity contribution in [1.29, 1.82) is 0 Å². The Morgan fingerprint density at radius 2 is 1.84 bits per heavy atom. The SMILES string of the molecule is C/C=C1/Cc2c(CNCCNCc3ccc(-n4ccnc4)cc3)c(N)c(C)c(C)c2O1. The Bertz CT molecular complexity index is 1070. The predicted octanol–water partition coefficient (Wildman–Crippen LogP) is 3.79.